The minimum atomic E-state index is -0.682. The average molecular weight is 265 g/mol. The van der Waals surface area contributed by atoms with E-state index in [0.29, 0.717) is 0 Å². The number of rotatable bonds is 0. The van der Waals surface area contributed by atoms with Crippen LogP contribution in [-0.4, -0.2) is 0 Å². The number of halogens is 3. The predicted molar refractivity (Wildman–Crippen MR) is 43.8 cm³/mol. The van der Waals surface area contributed by atoms with Gasteiger partial charge < -0.3 is 0 Å². The van der Waals surface area contributed by atoms with Gasteiger partial charge >= 0.3 is 0 Å². The Kier molecular flexibility index (Phi) is 2.39. The first-order chi connectivity index (χ1) is 5.16. The van der Waals surface area contributed by atoms with Gasteiger partial charge in [0.25, 0.3) is 0 Å². The smallest absolute Gasteiger partial charge is 0.142 e. The van der Waals surface area contributed by atoms with Crippen molar-refractivity contribution in [3.05, 3.63) is 32.9 Å². The minimum Gasteiger partial charge on any atom is -0.206 e. The van der Waals surface area contributed by atoms with Crippen molar-refractivity contribution < 1.29 is 8.78 Å². The molecule has 1 aromatic carbocycles. The molecule has 0 amide bonds. The summed E-state index contributed by atoms with van der Waals surface area (Å²) in [5.74, 6) is -1.25. The zero-order chi connectivity index (χ0) is 8.43. The lowest BCUT2D eigenvalue weighted by Crippen LogP contribution is -1.91. The van der Waals surface area contributed by atoms with Crippen LogP contribution in [0.15, 0.2) is 12.1 Å². The Labute approximate surface area is 75.8 Å². The maximum absolute atomic E-state index is 12.6. The quantitative estimate of drug-likeness (QED) is 0.522. The van der Waals surface area contributed by atoms with Crippen molar-refractivity contribution in [1.29, 1.82) is 5.26 Å². The van der Waals surface area contributed by atoms with E-state index < -0.39 is 11.6 Å². The number of nitriles is 1. The third-order valence-corrected chi connectivity index (χ3v) is 2.21. The Morgan fingerprint density at radius 3 is 2.27 bits per heavy atom. The first kappa shape index (κ1) is 8.40. The third kappa shape index (κ3) is 1.48. The second-order valence-electron chi connectivity index (χ2n) is 1.83. The van der Waals surface area contributed by atoms with Crippen LogP contribution in [0.1, 0.15) is 5.56 Å². The molecule has 11 heavy (non-hydrogen) atoms. The number of hydrogen-bond donors (Lipinski definition) is 0. The van der Waals surface area contributed by atoms with Crippen molar-refractivity contribution in [2.75, 3.05) is 0 Å². The van der Waals surface area contributed by atoms with Crippen molar-refractivity contribution in [1.82, 2.24) is 0 Å². The monoisotopic (exact) mass is 265 g/mol. The van der Waals surface area contributed by atoms with Gasteiger partial charge in [-0.05, 0) is 34.7 Å². The summed E-state index contributed by atoms with van der Waals surface area (Å²) in [4.78, 5) is 0. The Bertz CT molecular complexity index is 330. The van der Waals surface area contributed by atoms with Gasteiger partial charge in [-0.1, -0.05) is 0 Å². The Balaban J connectivity index is 3.44. The first-order valence-electron chi connectivity index (χ1n) is 2.70. The molecule has 0 heterocycles. The average Bonchev–Trinajstić information content (AvgIpc) is 1.99. The molecular weight excluding hydrogens is 263 g/mol. The van der Waals surface area contributed by atoms with E-state index in [-0.39, 0.29) is 9.13 Å². The van der Waals surface area contributed by atoms with Crippen molar-refractivity contribution in [3.8, 4) is 6.07 Å². The first-order valence-corrected chi connectivity index (χ1v) is 3.78. The molecule has 1 aromatic rings. The van der Waals surface area contributed by atoms with Crippen LogP contribution in [0.3, 0.4) is 0 Å². The Morgan fingerprint density at radius 1 is 1.27 bits per heavy atom. The molecule has 0 radical (unpaired) electrons. The summed E-state index contributed by atoms with van der Waals surface area (Å²) < 4.78 is 25.3. The largest absolute Gasteiger partial charge is 0.206 e. The fraction of sp³-hybridized carbons (Fsp3) is 0. The van der Waals surface area contributed by atoms with E-state index in [1.165, 1.54) is 0 Å². The number of hydrogen-bond acceptors (Lipinski definition) is 1. The highest BCUT2D eigenvalue weighted by Gasteiger charge is 2.09. The Morgan fingerprint density at radius 2 is 1.82 bits per heavy atom. The summed E-state index contributed by atoms with van der Waals surface area (Å²) in [7, 11) is 0. The van der Waals surface area contributed by atoms with Gasteiger partial charge in [0, 0.05) is 0 Å². The second-order valence-corrected chi connectivity index (χ2v) is 2.91. The van der Waals surface area contributed by atoms with Crippen LogP contribution in [0, 0.1) is 26.5 Å². The van der Waals surface area contributed by atoms with E-state index >= 15 is 0 Å². The van der Waals surface area contributed by atoms with Crippen molar-refractivity contribution >= 4 is 22.6 Å². The normalized spacial score (nSPS) is 9.27. The molecule has 56 valence electrons. The van der Waals surface area contributed by atoms with Crippen molar-refractivity contribution in [2.24, 2.45) is 0 Å². The molecule has 4 heteroatoms. The van der Waals surface area contributed by atoms with Gasteiger partial charge in [0.2, 0.25) is 0 Å². The lowest BCUT2D eigenvalue weighted by molar-refractivity contribution is 0.590. The van der Waals surface area contributed by atoms with E-state index in [1.807, 2.05) is 0 Å². The van der Waals surface area contributed by atoms with Gasteiger partial charge in [0.1, 0.15) is 23.3 Å². The number of nitrogens with zero attached hydrogens (tertiary/aromatic N) is 1. The molecule has 0 aliphatic rings. The van der Waals surface area contributed by atoms with E-state index in [9.17, 15) is 8.78 Å². The second kappa shape index (κ2) is 3.13. The molecule has 1 rings (SSSR count). The molecule has 1 nitrogen and oxygen atoms in total. The molecule has 0 N–H and O–H groups in total. The van der Waals surface area contributed by atoms with E-state index in [0.717, 1.165) is 12.1 Å². The van der Waals surface area contributed by atoms with Gasteiger partial charge in [-0.2, -0.15) is 5.26 Å². The summed E-state index contributed by atoms with van der Waals surface area (Å²) >= 11 is 1.59. The molecular formula is C7H2F2IN. The Hall–Kier alpha value is -0.700. The van der Waals surface area contributed by atoms with Gasteiger partial charge in [0.05, 0.1) is 3.57 Å². The van der Waals surface area contributed by atoms with Crippen LogP contribution in [-0.2, 0) is 0 Å². The molecule has 0 bridgehead atoms. The van der Waals surface area contributed by atoms with Crippen LogP contribution in [0.4, 0.5) is 8.78 Å². The maximum atomic E-state index is 12.6. The van der Waals surface area contributed by atoms with Crippen LogP contribution in [0.25, 0.3) is 0 Å². The van der Waals surface area contributed by atoms with Gasteiger partial charge in [-0.25, -0.2) is 8.78 Å². The van der Waals surface area contributed by atoms with Crippen LogP contribution < -0.4 is 0 Å². The highest BCUT2D eigenvalue weighted by Crippen LogP contribution is 2.17. The summed E-state index contributed by atoms with van der Waals surface area (Å²) in [6, 6.07) is 3.52. The molecule has 0 spiro atoms. The van der Waals surface area contributed by atoms with Crippen molar-refractivity contribution in [3.63, 3.8) is 0 Å². The molecule has 0 fully saturated rings. The van der Waals surface area contributed by atoms with Crippen LogP contribution >= 0.6 is 22.6 Å². The summed E-state index contributed by atoms with van der Waals surface area (Å²) in [6.45, 7) is 0. The van der Waals surface area contributed by atoms with E-state index in [1.54, 1.807) is 28.7 Å². The highest BCUT2D eigenvalue weighted by molar-refractivity contribution is 14.1. The zero-order valence-electron chi connectivity index (χ0n) is 5.24. The molecule has 0 unspecified atom stereocenters. The van der Waals surface area contributed by atoms with Gasteiger partial charge in [-0.15, -0.1) is 0 Å². The summed E-state index contributed by atoms with van der Waals surface area (Å²) in [5.41, 5.74) is -0.231. The lowest BCUT2D eigenvalue weighted by atomic mass is 10.2. The summed E-state index contributed by atoms with van der Waals surface area (Å²) in [5, 5.41) is 8.36. The van der Waals surface area contributed by atoms with Gasteiger partial charge in [0.15, 0.2) is 0 Å². The molecule has 0 atom stereocenters. The molecule has 0 aliphatic heterocycles. The van der Waals surface area contributed by atoms with Crippen molar-refractivity contribution in [2.45, 2.75) is 0 Å². The van der Waals surface area contributed by atoms with Crippen LogP contribution in [0.5, 0.6) is 0 Å². The molecule has 0 saturated heterocycles. The fourth-order valence-electron chi connectivity index (χ4n) is 0.630. The fourth-order valence-corrected chi connectivity index (χ4v) is 1.19. The zero-order valence-corrected chi connectivity index (χ0v) is 7.39. The topological polar surface area (TPSA) is 23.8 Å². The minimum absolute atomic E-state index is 0.0325. The standard InChI is InChI=1S/C7H2F2IN/c8-5-1-2-6(9)7(10)4(5)3-11/h1-2H. The lowest BCUT2D eigenvalue weighted by Gasteiger charge is -1.96. The van der Waals surface area contributed by atoms with E-state index in [2.05, 4.69) is 0 Å². The maximum Gasteiger partial charge on any atom is 0.142 e. The van der Waals surface area contributed by atoms with E-state index in [4.69, 9.17) is 5.26 Å². The van der Waals surface area contributed by atoms with Crippen LogP contribution in [0.2, 0.25) is 0 Å². The van der Waals surface area contributed by atoms with Gasteiger partial charge in [-0.3, -0.25) is 0 Å². The predicted octanol–water partition coefficient (Wildman–Crippen LogP) is 2.44. The summed E-state index contributed by atoms with van der Waals surface area (Å²) in [6.07, 6.45) is 0. The molecule has 0 aromatic heterocycles. The SMILES string of the molecule is N#Cc1c(F)ccc(F)c1I. The molecule has 0 aliphatic carbocycles. The molecule has 0 saturated carbocycles. The highest BCUT2D eigenvalue weighted by atomic mass is 127. The number of benzene rings is 1. The third-order valence-electron chi connectivity index (χ3n) is 1.16.